The van der Waals surface area contributed by atoms with Crippen molar-refractivity contribution in [3.8, 4) is 11.5 Å². The minimum atomic E-state index is -0.300. The van der Waals surface area contributed by atoms with E-state index in [1.165, 1.54) is 4.90 Å². The van der Waals surface area contributed by atoms with E-state index in [0.29, 0.717) is 29.0 Å². The van der Waals surface area contributed by atoms with Gasteiger partial charge in [0.2, 0.25) is 0 Å². The van der Waals surface area contributed by atoms with Crippen LogP contribution in [0.1, 0.15) is 11.1 Å². The number of carbonyl (C=O) groups excluding carboxylic acids is 2. The topological polar surface area (TPSA) is 59.1 Å². The van der Waals surface area contributed by atoms with Crippen LogP contribution in [0, 0.1) is 0 Å². The molecule has 6 heteroatoms. The summed E-state index contributed by atoms with van der Waals surface area (Å²) in [7, 11) is 5.02. The summed E-state index contributed by atoms with van der Waals surface area (Å²) in [5.74, 6) is 0.856. The smallest absolute Gasteiger partial charge is 0.278 e. The lowest BCUT2D eigenvalue weighted by molar-refractivity contribution is -0.136. The first kappa shape index (κ1) is 22.1. The van der Waals surface area contributed by atoms with Gasteiger partial charge in [0.15, 0.2) is 0 Å². The third kappa shape index (κ3) is 4.46. The Morgan fingerprint density at radius 2 is 1.33 bits per heavy atom. The number of hydrogen-bond donors (Lipinski definition) is 0. The molecule has 0 saturated carbocycles. The van der Waals surface area contributed by atoms with Crippen LogP contribution in [0.3, 0.4) is 0 Å². The highest BCUT2D eigenvalue weighted by Crippen LogP contribution is 2.34. The van der Waals surface area contributed by atoms with Crippen LogP contribution in [-0.2, 0) is 16.0 Å². The van der Waals surface area contributed by atoms with Crippen molar-refractivity contribution in [3.05, 3.63) is 95.7 Å². The highest BCUT2D eigenvalue weighted by molar-refractivity contribution is 6.36. The maximum Gasteiger partial charge on any atom is 0.278 e. The normalized spacial score (nSPS) is 13.5. The van der Waals surface area contributed by atoms with Crippen LogP contribution >= 0.6 is 0 Å². The molecule has 2 amide bonds. The standard InChI is InChI=1S/C27H26N2O4/c1-28(21-7-5-4-6-8-21)25-24(20-11-15-23(33-3)16-12-20)26(30)29(27(25)31)18-17-19-9-13-22(32-2)14-10-19/h4-16H,17-18H2,1-3H3. The Morgan fingerprint density at radius 1 is 0.758 bits per heavy atom. The number of likely N-dealkylation sites (N-methyl/N-ethyl adjacent to an activating group) is 1. The number of carbonyl (C=O) groups is 2. The van der Waals surface area contributed by atoms with Gasteiger partial charge in [-0.1, -0.05) is 42.5 Å². The van der Waals surface area contributed by atoms with E-state index in [-0.39, 0.29) is 18.4 Å². The number of methoxy groups -OCH3 is 2. The third-order valence-corrected chi connectivity index (χ3v) is 5.78. The molecule has 1 aliphatic rings. The Hall–Kier alpha value is -4.06. The van der Waals surface area contributed by atoms with Gasteiger partial charge in [-0.3, -0.25) is 14.5 Å². The maximum atomic E-state index is 13.5. The maximum absolute atomic E-state index is 13.5. The summed E-state index contributed by atoms with van der Waals surface area (Å²) in [6.45, 7) is 0.287. The van der Waals surface area contributed by atoms with Gasteiger partial charge in [-0.2, -0.15) is 0 Å². The van der Waals surface area contributed by atoms with Gasteiger partial charge in [-0.15, -0.1) is 0 Å². The SMILES string of the molecule is COc1ccc(CCN2C(=O)C(c3ccc(OC)cc3)=C(N(C)c3ccccc3)C2=O)cc1. The first-order valence-electron chi connectivity index (χ1n) is 10.7. The molecule has 0 aromatic heterocycles. The number of benzene rings is 3. The van der Waals surface area contributed by atoms with Crippen molar-refractivity contribution < 1.29 is 19.1 Å². The monoisotopic (exact) mass is 442 g/mol. The molecule has 1 heterocycles. The molecule has 1 aliphatic heterocycles. The van der Waals surface area contributed by atoms with Crippen molar-refractivity contribution in [1.29, 1.82) is 0 Å². The Kier molecular flexibility index (Phi) is 6.45. The molecule has 0 spiro atoms. The average Bonchev–Trinajstić information content (AvgIpc) is 3.12. The molecule has 0 atom stereocenters. The molecule has 0 unspecified atom stereocenters. The van der Waals surface area contributed by atoms with Crippen LogP contribution in [0.5, 0.6) is 11.5 Å². The first-order valence-corrected chi connectivity index (χ1v) is 10.7. The van der Waals surface area contributed by atoms with Gasteiger partial charge in [0.05, 0.1) is 19.8 Å². The predicted molar refractivity (Wildman–Crippen MR) is 128 cm³/mol. The Bertz CT molecular complexity index is 1170. The van der Waals surface area contributed by atoms with Gasteiger partial charge in [0.25, 0.3) is 11.8 Å². The molecule has 0 bridgehead atoms. The molecule has 6 nitrogen and oxygen atoms in total. The molecule has 4 rings (SSSR count). The van der Waals surface area contributed by atoms with Gasteiger partial charge in [-0.25, -0.2) is 0 Å². The number of para-hydroxylation sites is 1. The fraction of sp³-hybridized carbons (Fsp3) is 0.185. The quantitative estimate of drug-likeness (QED) is 0.490. The fourth-order valence-electron chi connectivity index (χ4n) is 3.91. The Morgan fingerprint density at radius 3 is 1.91 bits per heavy atom. The summed E-state index contributed by atoms with van der Waals surface area (Å²) in [5, 5.41) is 0. The van der Waals surface area contributed by atoms with Crippen LogP contribution < -0.4 is 14.4 Å². The summed E-state index contributed by atoms with van der Waals surface area (Å²) >= 11 is 0. The highest BCUT2D eigenvalue weighted by Gasteiger charge is 2.40. The lowest BCUT2D eigenvalue weighted by atomic mass is 10.0. The Labute approximate surface area is 193 Å². The van der Waals surface area contributed by atoms with Crippen LogP contribution in [0.2, 0.25) is 0 Å². The van der Waals surface area contributed by atoms with E-state index in [4.69, 9.17) is 9.47 Å². The van der Waals surface area contributed by atoms with Gasteiger partial charge in [0.1, 0.15) is 17.2 Å². The van der Waals surface area contributed by atoms with Crippen LogP contribution in [-0.4, -0.2) is 44.5 Å². The lowest BCUT2D eigenvalue weighted by Gasteiger charge is -2.21. The highest BCUT2D eigenvalue weighted by atomic mass is 16.5. The van der Waals surface area contributed by atoms with Crippen molar-refractivity contribution in [2.75, 3.05) is 32.7 Å². The number of rotatable bonds is 8. The predicted octanol–water partition coefficient (Wildman–Crippen LogP) is 4.16. The zero-order valence-electron chi connectivity index (χ0n) is 18.9. The second-order valence-corrected chi connectivity index (χ2v) is 7.71. The average molecular weight is 443 g/mol. The van der Waals surface area contributed by atoms with Crippen LogP contribution in [0.4, 0.5) is 5.69 Å². The third-order valence-electron chi connectivity index (χ3n) is 5.78. The van der Waals surface area contributed by atoms with Crippen molar-refractivity contribution in [2.45, 2.75) is 6.42 Å². The summed E-state index contributed by atoms with van der Waals surface area (Å²) in [6, 6.07) is 24.4. The zero-order chi connectivity index (χ0) is 23.4. The zero-order valence-corrected chi connectivity index (χ0v) is 18.9. The number of anilines is 1. The van der Waals surface area contributed by atoms with Gasteiger partial charge >= 0.3 is 0 Å². The molecule has 0 N–H and O–H groups in total. The largest absolute Gasteiger partial charge is 0.497 e. The van der Waals surface area contributed by atoms with Gasteiger partial charge < -0.3 is 14.4 Å². The molecule has 0 saturated heterocycles. The number of nitrogens with zero attached hydrogens (tertiary/aromatic N) is 2. The molecule has 168 valence electrons. The van der Waals surface area contributed by atoms with E-state index in [2.05, 4.69) is 0 Å². The van der Waals surface area contributed by atoms with E-state index in [9.17, 15) is 9.59 Å². The fourth-order valence-corrected chi connectivity index (χ4v) is 3.91. The number of imide groups is 1. The van der Waals surface area contributed by atoms with Crippen molar-refractivity contribution in [3.63, 3.8) is 0 Å². The minimum absolute atomic E-state index is 0.287. The van der Waals surface area contributed by atoms with Gasteiger partial charge in [-0.05, 0) is 53.9 Å². The van der Waals surface area contributed by atoms with E-state index in [0.717, 1.165) is 17.0 Å². The van der Waals surface area contributed by atoms with E-state index < -0.39 is 0 Å². The van der Waals surface area contributed by atoms with Crippen LogP contribution in [0.15, 0.2) is 84.6 Å². The number of amides is 2. The summed E-state index contributed by atoms with van der Waals surface area (Å²) < 4.78 is 10.5. The minimum Gasteiger partial charge on any atom is -0.497 e. The first-order chi connectivity index (χ1) is 16.0. The molecule has 33 heavy (non-hydrogen) atoms. The molecular formula is C27H26N2O4. The summed E-state index contributed by atoms with van der Waals surface area (Å²) in [6.07, 6.45) is 0.555. The summed E-state index contributed by atoms with van der Waals surface area (Å²) in [4.78, 5) is 30.1. The van der Waals surface area contributed by atoms with E-state index in [1.807, 2.05) is 73.8 Å². The molecular weight excluding hydrogens is 416 g/mol. The van der Waals surface area contributed by atoms with Crippen molar-refractivity contribution in [2.24, 2.45) is 0 Å². The molecule has 0 fully saturated rings. The second-order valence-electron chi connectivity index (χ2n) is 7.71. The molecule has 0 radical (unpaired) electrons. The van der Waals surface area contributed by atoms with Gasteiger partial charge in [0, 0.05) is 19.3 Å². The second kappa shape index (κ2) is 9.61. The molecule has 0 aliphatic carbocycles. The molecule has 3 aromatic carbocycles. The Balaban J connectivity index is 1.67. The molecule has 3 aromatic rings. The van der Waals surface area contributed by atoms with E-state index in [1.54, 1.807) is 31.3 Å². The van der Waals surface area contributed by atoms with Crippen LogP contribution in [0.25, 0.3) is 5.57 Å². The van der Waals surface area contributed by atoms with Crippen molar-refractivity contribution >= 4 is 23.1 Å². The van der Waals surface area contributed by atoms with E-state index >= 15 is 0 Å². The summed E-state index contributed by atoms with van der Waals surface area (Å²) in [5.41, 5.74) is 3.29. The number of ether oxygens (including phenoxy) is 2. The van der Waals surface area contributed by atoms with Crippen molar-refractivity contribution in [1.82, 2.24) is 4.90 Å². The number of hydrogen-bond acceptors (Lipinski definition) is 5. The lowest BCUT2D eigenvalue weighted by Crippen LogP contribution is -2.35.